The summed E-state index contributed by atoms with van der Waals surface area (Å²) in [4.78, 5) is 31.1. The predicted molar refractivity (Wildman–Crippen MR) is 99.0 cm³/mol. The van der Waals surface area contributed by atoms with E-state index in [0.29, 0.717) is 23.7 Å². The zero-order valence-corrected chi connectivity index (χ0v) is 15.2. The molecule has 7 nitrogen and oxygen atoms in total. The molecule has 2 amide bonds. The molecule has 0 saturated carbocycles. The van der Waals surface area contributed by atoms with E-state index in [-0.39, 0.29) is 11.8 Å². The summed E-state index contributed by atoms with van der Waals surface area (Å²) >= 11 is 1.28. The van der Waals surface area contributed by atoms with Crippen molar-refractivity contribution in [3.8, 4) is 11.3 Å². The first-order valence-corrected chi connectivity index (χ1v) is 9.53. The van der Waals surface area contributed by atoms with Gasteiger partial charge in [-0.2, -0.15) is 5.10 Å². The number of hydrogen-bond acceptors (Lipinski definition) is 5. The fourth-order valence-electron chi connectivity index (χ4n) is 3.24. The molecule has 1 saturated heterocycles. The predicted octanol–water partition coefficient (Wildman–Crippen LogP) is 2.20. The maximum absolute atomic E-state index is 12.5. The molecule has 3 aromatic heterocycles. The van der Waals surface area contributed by atoms with Crippen molar-refractivity contribution in [1.29, 1.82) is 0 Å². The number of hydrogen-bond donors (Lipinski definition) is 1. The molecule has 1 atom stereocenters. The number of thiazole rings is 1. The number of amides is 2. The van der Waals surface area contributed by atoms with Crippen LogP contribution in [-0.2, 0) is 4.79 Å². The molecule has 0 radical (unpaired) electrons. The Hall–Kier alpha value is -2.74. The number of piperidine rings is 1. The van der Waals surface area contributed by atoms with Crippen molar-refractivity contribution in [3.05, 3.63) is 41.0 Å². The molecule has 1 aliphatic heterocycles. The summed E-state index contributed by atoms with van der Waals surface area (Å²) < 4.78 is 1.77. The minimum Gasteiger partial charge on any atom is -0.341 e. The number of nitrogens with one attached hydrogen (secondary N) is 1. The molecule has 0 spiro atoms. The van der Waals surface area contributed by atoms with Crippen LogP contribution < -0.4 is 5.32 Å². The number of fused-ring (bicyclic) bond motifs is 1. The molecule has 134 valence electrons. The van der Waals surface area contributed by atoms with Crippen LogP contribution in [0.25, 0.3) is 16.8 Å². The van der Waals surface area contributed by atoms with E-state index in [2.05, 4.69) is 15.4 Å². The Morgan fingerprint density at radius 3 is 3.15 bits per heavy atom. The summed E-state index contributed by atoms with van der Waals surface area (Å²) in [6, 6.07) is 5.35. The number of carbonyl (C=O) groups excluding carboxylic acids is 2. The number of carbonyl (C=O) groups is 2. The molecule has 1 fully saturated rings. The number of nitrogens with zero attached hydrogens (tertiary/aromatic N) is 4. The third kappa shape index (κ3) is 2.96. The number of rotatable bonds is 4. The Morgan fingerprint density at radius 2 is 2.31 bits per heavy atom. The molecule has 4 rings (SSSR count). The lowest BCUT2D eigenvalue weighted by molar-refractivity contribution is -0.135. The van der Waals surface area contributed by atoms with Gasteiger partial charge in [-0.3, -0.25) is 9.59 Å². The van der Waals surface area contributed by atoms with Crippen LogP contribution in [0.5, 0.6) is 0 Å². The van der Waals surface area contributed by atoms with E-state index in [1.54, 1.807) is 15.6 Å². The van der Waals surface area contributed by atoms with Gasteiger partial charge >= 0.3 is 0 Å². The molecule has 8 heteroatoms. The zero-order valence-electron chi connectivity index (χ0n) is 14.4. The molecule has 0 aliphatic carbocycles. The van der Waals surface area contributed by atoms with E-state index in [1.807, 2.05) is 36.7 Å². The number of aromatic nitrogens is 3. The third-order valence-electron chi connectivity index (χ3n) is 4.62. The molecular weight excluding hydrogens is 350 g/mol. The van der Waals surface area contributed by atoms with Crippen LogP contribution >= 0.6 is 11.3 Å². The third-order valence-corrected chi connectivity index (χ3v) is 5.46. The molecule has 1 N–H and O–H groups in total. The Balaban J connectivity index is 1.52. The van der Waals surface area contributed by atoms with Gasteiger partial charge in [-0.25, -0.2) is 9.50 Å². The van der Waals surface area contributed by atoms with Crippen LogP contribution in [0, 0.1) is 0 Å². The van der Waals surface area contributed by atoms with Crippen molar-refractivity contribution in [2.75, 3.05) is 13.1 Å². The zero-order chi connectivity index (χ0) is 18.1. The molecule has 1 unspecified atom stereocenters. The summed E-state index contributed by atoms with van der Waals surface area (Å²) in [5.74, 6) is -0.305. The van der Waals surface area contributed by atoms with E-state index in [1.165, 1.54) is 11.3 Å². The highest BCUT2D eigenvalue weighted by Gasteiger charge is 2.29. The van der Waals surface area contributed by atoms with E-state index in [0.717, 1.165) is 24.0 Å². The van der Waals surface area contributed by atoms with Gasteiger partial charge in [0.15, 0.2) is 5.01 Å². The van der Waals surface area contributed by atoms with E-state index in [9.17, 15) is 9.59 Å². The lowest BCUT2D eigenvalue weighted by atomic mass is 10.0. The largest absolute Gasteiger partial charge is 0.341 e. The maximum Gasteiger partial charge on any atom is 0.280 e. The number of likely N-dealkylation sites (N-methyl/N-ethyl adjacent to an activating group) is 1. The van der Waals surface area contributed by atoms with Gasteiger partial charge in [-0.05, 0) is 31.9 Å². The van der Waals surface area contributed by atoms with Crippen molar-refractivity contribution >= 4 is 28.7 Å². The minimum atomic E-state index is -0.458. The van der Waals surface area contributed by atoms with Crippen LogP contribution in [0.2, 0.25) is 0 Å². The lowest BCUT2D eigenvalue weighted by Gasteiger charge is -2.31. The highest BCUT2D eigenvalue weighted by atomic mass is 32.1. The highest BCUT2D eigenvalue weighted by molar-refractivity contribution is 7.12. The Bertz CT molecular complexity index is 963. The average Bonchev–Trinajstić information content (AvgIpc) is 3.30. The SMILES string of the molecule is CCN1CCCC(NC(=O)c2nc(-c3cnn4ccccc34)cs2)C1=O. The van der Waals surface area contributed by atoms with Gasteiger partial charge in [0.05, 0.1) is 17.4 Å². The monoisotopic (exact) mass is 369 g/mol. The second-order valence-corrected chi connectivity index (χ2v) is 7.07. The van der Waals surface area contributed by atoms with Gasteiger partial charge in [0.2, 0.25) is 5.91 Å². The summed E-state index contributed by atoms with van der Waals surface area (Å²) in [5, 5.41) is 9.35. The molecular formula is C18H19N5O2S. The van der Waals surface area contributed by atoms with Crippen LogP contribution in [0.1, 0.15) is 29.6 Å². The first-order valence-electron chi connectivity index (χ1n) is 8.65. The van der Waals surface area contributed by atoms with Crippen LogP contribution in [0.3, 0.4) is 0 Å². The average molecular weight is 369 g/mol. The number of pyridine rings is 1. The van der Waals surface area contributed by atoms with Crippen molar-refractivity contribution in [3.63, 3.8) is 0 Å². The first-order chi connectivity index (χ1) is 12.7. The normalized spacial score (nSPS) is 17.7. The van der Waals surface area contributed by atoms with E-state index >= 15 is 0 Å². The topological polar surface area (TPSA) is 79.6 Å². The fraction of sp³-hybridized carbons (Fsp3) is 0.333. The van der Waals surface area contributed by atoms with Gasteiger partial charge in [0, 0.05) is 30.2 Å². The summed E-state index contributed by atoms with van der Waals surface area (Å²) in [7, 11) is 0. The summed E-state index contributed by atoms with van der Waals surface area (Å²) in [6.45, 7) is 3.38. The Kier molecular flexibility index (Phi) is 4.42. The molecule has 4 heterocycles. The second-order valence-electron chi connectivity index (χ2n) is 6.21. The van der Waals surface area contributed by atoms with Gasteiger partial charge in [-0.15, -0.1) is 11.3 Å². The minimum absolute atomic E-state index is 0.00786. The smallest absolute Gasteiger partial charge is 0.280 e. The van der Waals surface area contributed by atoms with Gasteiger partial charge in [0.25, 0.3) is 5.91 Å². The number of likely N-dealkylation sites (tertiary alicyclic amines) is 1. The fourth-order valence-corrected chi connectivity index (χ4v) is 3.96. The van der Waals surface area contributed by atoms with Crippen molar-refractivity contribution in [2.45, 2.75) is 25.8 Å². The van der Waals surface area contributed by atoms with Gasteiger partial charge in [0.1, 0.15) is 6.04 Å². The second kappa shape index (κ2) is 6.87. The van der Waals surface area contributed by atoms with E-state index < -0.39 is 6.04 Å². The highest BCUT2D eigenvalue weighted by Crippen LogP contribution is 2.26. The standard InChI is InChI=1S/C18H19N5O2S/c1-2-22-8-5-6-13(18(22)25)20-16(24)17-21-14(11-26-17)12-10-19-23-9-4-3-7-15(12)23/h3-4,7,9-11,13H,2,5-6,8H2,1H3,(H,20,24). The molecule has 3 aromatic rings. The molecule has 0 bridgehead atoms. The Morgan fingerprint density at radius 1 is 1.42 bits per heavy atom. The quantitative estimate of drug-likeness (QED) is 0.765. The van der Waals surface area contributed by atoms with Crippen LogP contribution in [0.4, 0.5) is 0 Å². The van der Waals surface area contributed by atoms with Crippen LogP contribution in [-0.4, -0.2) is 50.4 Å². The molecule has 0 aromatic carbocycles. The van der Waals surface area contributed by atoms with Crippen molar-refractivity contribution in [2.24, 2.45) is 0 Å². The maximum atomic E-state index is 12.5. The van der Waals surface area contributed by atoms with Crippen molar-refractivity contribution < 1.29 is 9.59 Å². The van der Waals surface area contributed by atoms with E-state index in [4.69, 9.17) is 0 Å². The van der Waals surface area contributed by atoms with Crippen LogP contribution in [0.15, 0.2) is 36.0 Å². The molecule has 26 heavy (non-hydrogen) atoms. The summed E-state index contributed by atoms with van der Waals surface area (Å²) in [6.07, 6.45) is 5.19. The van der Waals surface area contributed by atoms with Crippen molar-refractivity contribution in [1.82, 2.24) is 24.8 Å². The first kappa shape index (κ1) is 16.7. The van der Waals surface area contributed by atoms with Gasteiger partial charge < -0.3 is 10.2 Å². The lowest BCUT2D eigenvalue weighted by Crippen LogP contribution is -2.52. The Labute approximate surface area is 154 Å². The summed E-state index contributed by atoms with van der Waals surface area (Å²) in [5.41, 5.74) is 2.53. The van der Waals surface area contributed by atoms with Gasteiger partial charge in [-0.1, -0.05) is 6.07 Å². The molecule has 1 aliphatic rings.